The average molecular weight is 329 g/mol. The van der Waals surface area contributed by atoms with E-state index in [-0.39, 0.29) is 18.0 Å². The van der Waals surface area contributed by atoms with Gasteiger partial charge in [-0.25, -0.2) is 4.79 Å². The van der Waals surface area contributed by atoms with Crippen LogP contribution < -0.4 is 10.6 Å². The van der Waals surface area contributed by atoms with E-state index in [2.05, 4.69) is 16.9 Å². The van der Waals surface area contributed by atoms with Crippen LogP contribution in [0, 0.1) is 0 Å². The Hall–Kier alpha value is -1.24. The maximum atomic E-state index is 11.9. The van der Waals surface area contributed by atoms with E-state index in [4.69, 9.17) is 16.7 Å². The van der Waals surface area contributed by atoms with E-state index in [0.717, 1.165) is 6.54 Å². The lowest BCUT2D eigenvalue weighted by Gasteiger charge is -2.13. The quantitative estimate of drug-likeness (QED) is 0.716. The number of halogens is 1. The van der Waals surface area contributed by atoms with Gasteiger partial charge >= 0.3 is 5.97 Å². The van der Waals surface area contributed by atoms with Crippen LogP contribution in [0.4, 0.5) is 5.69 Å². The highest BCUT2D eigenvalue weighted by Crippen LogP contribution is 2.46. The molecule has 1 aliphatic rings. The van der Waals surface area contributed by atoms with Crippen LogP contribution in [0.5, 0.6) is 0 Å². The fraction of sp³-hybridized carbons (Fsp3) is 0.429. The number of hydrogen-bond donors (Lipinski definition) is 3. The molecule has 0 aromatic heterocycles. The molecular formula is C14H17ClN2O3S. The Morgan fingerprint density at radius 3 is 2.71 bits per heavy atom. The molecule has 1 saturated carbocycles. The van der Waals surface area contributed by atoms with Crippen molar-refractivity contribution in [1.29, 1.82) is 0 Å². The smallest absolute Gasteiger partial charge is 0.335 e. The molecule has 0 aliphatic heterocycles. The lowest BCUT2D eigenvalue weighted by atomic mass is 10.2. The van der Waals surface area contributed by atoms with Crippen LogP contribution in [0.1, 0.15) is 23.2 Å². The van der Waals surface area contributed by atoms with Gasteiger partial charge < -0.3 is 15.7 Å². The molecule has 0 heterocycles. The highest BCUT2D eigenvalue weighted by molar-refractivity contribution is 8.00. The van der Waals surface area contributed by atoms with Crippen LogP contribution in [-0.2, 0) is 4.79 Å². The maximum absolute atomic E-state index is 11.9. The van der Waals surface area contributed by atoms with E-state index in [1.165, 1.54) is 31.0 Å². The molecule has 3 N–H and O–H groups in total. The van der Waals surface area contributed by atoms with Gasteiger partial charge in [-0.2, -0.15) is 11.8 Å². The van der Waals surface area contributed by atoms with Crippen LogP contribution in [-0.4, -0.2) is 41.1 Å². The number of rotatable bonds is 7. The molecule has 0 spiro atoms. The van der Waals surface area contributed by atoms with Crippen molar-refractivity contribution in [2.45, 2.75) is 17.6 Å². The maximum Gasteiger partial charge on any atom is 0.335 e. The van der Waals surface area contributed by atoms with Gasteiger partial charge in [0.25, 0.3) is 0 Å². The molecule has 0 unspecified atom stereocenters. The van der Waals surface area contributed by atoms with Crippen molar-refractivity contribution < 1.29 is 14.7 Å². The molecule has 7 heteroatoms. The predicted octanol–water partition coefficient (Wildman–Crippen LogP) is 2.46. The fourth-order valence-corrected chi connectivity index (χ4v) is 2.87. The zero-order valence-electron chi connectivity index (χ0n) is 11.6. The van der Waals surface area contributed by atoms with Crippen LogP contribution >= 0.6 is 23.4 Å². The van der Waals surface area contributed by atoms with E-state index in [1.54, 1.807) is 0 Å². The Kier molecular flexibility index (Phi) is 5.13. The van der Waals surface area contributed by atoms with E-state index < -0.39 is 5.97 Å². The second-order valence-electron chi connectivity index (χ2n) is 5.04. The molecule has 0 atom stereocenters. The summed E-state index contributed by atoms with van der Waals surface area (Å²) in [6.45, 7) is 0.973. The number of carboxylic acids is 1. The summed E-state index contributed by atoms with van der Waals surface area (Å²) in [6.07, 6.45) is 4.43. The van der Waals surface area contributed by atoms with Crippen molar-refractivity contribution in [1.82, 2.24) is 5.32 Å². The Balaban J connectivity index is 1.87. The Labute approximate surface area is 132 Å². The van der Waals surface area contributed by atoms with Gasteiger partial charge in [0.2, 0.25) is 5.91 Å². The second kappa shape index (κ2) is 6.68. The Morgan fingerprint density at radius 1 is 1.43 bits per heavy atom. The van der Waals surface area contributed by atoms with Gasteiger partial charge in [-0.05, 0) is 37.3 Å². The number of anilines is 1. The third kappa shape index (κ3) is 4.36. The minimum atomic E-state index is -1.06. The third-order valence-corrected chi connectivity index (χ3v) is 5.21. The first-order valence-electron chi connectivity index (χ1n) is 6.54. The van der Waals surface area contributed by atoms with E-state index in [0.29, 0.717) is 15.5 Å². The summed E-state index contributed by atoms with van der Waals surface area (Å²) in [5.74, 6) is -1.30. The van der Waals surface area contributed by atoms with Gasteiger partial charge in [0.1, 0.15) is 0 Å². The largest absolute Gasteiger partial charge is 0.478 e. The van der Waals surface area contributed by atoms with Crippen molar-refractivity contribution in [3.8, 4) is 0 Å². The highest BCUT2D eigenvalue weighted by atomic mass is 35.5. The van der Waals surface area contributed by atoms with E-state index in [9.17, 15) is 9.59 Å². The first kappa shape index (κ1) is 16.1. The predicted molar refractivity (Wildman–Crippen MR) is 85.4 cm³/mol. The lowest BCUT2D eigenvalue weighted by Crippen LogP contribution is -2.33. The summed E-state index contributed by atoms with van der Waals surface area (Å²) in [5, 5.41) is 15.0. The topological polar surface area (TPSA) is 78.4 Å². The number of thioether (sulfide) groups is 1. The monoisotopic (exact) mass is 328 g/mol. The van der Waals surface area contributed by atoms with Gasteiger partial charge in [0.15, 0.2) is 0 Å². The van der Waals surface area contributed by atoms with Gasteiger partial charge in [-0.3, -0.25) is 4.79 Å². The SMILES string of the molecule is CSC1(CNCC(=O)Nc2cc(C(=O)O)ccc2Cl)CC1. The van der Waals surface area contributed by atoms with Crippen LogP contribution in [0.15, 0.2) is 18.2 Å². The van der Waals surface area contributed by atoms with E-state index >= 15 is 0 Å². The molecule has 5 nitrogen and oxygen atoms in total. The normalized spacial score (nSPS) is 15.5. The summed E-state index contributed by atoms with van der Waals surface area (Å²) in [4.78, 5) is 22.8. The molecule has 21 heavy (non-hydrogen) atoms. The van der Waals surface area contributed by atoms with Crippen molar-refractivity contribution in [2.24, 2.45) is 0 Å². The lowest BCUT2D eigenvalue weighted by molar-refractivity contribution is -0.115. The Bertz CT molecular complexity index is 561. The number of hydrogen-bond acceptors (Lipinski definition) is 4. The molecule has 1 aromatic rings. The summed E-state index contributed by atoms with van der Waals surface area (Å²) >= 11 is 7.77. The van der Waals surface area contributed by atoms with E-state index in [1.807, 2.05) is 11.8 Å². The first-order valence-corrected chi connectivity index (χ1v) is 8.15. The average Bonchev–Trinajstić information content (AvgIpc) is 3.21. The van der Waals surface area contributed by atoms with Crippen molar-refractivity contribution in [3.63, 3.8) is 0 Å². The summed E-state index contributed by atoms with van der Waals surface area (Å²) in [5.41, 5.74) is 0.399. The summed E-state index contributed by atoms with van der Waals surface area (Å²) in [7, 11) is 0. The number of amides is 1. The highest BCUT2D eigenvalue weighted by Gasteiger charge is 2.41. The number of carbonyl (C=O) groups excluding carboxylic acids is 1. The van der Waals surface area contributed by atoms with Crippen LogP contribution in [0.2, 0.25) is 5.02 Å². The van der Waals surface area contributed by atoms with Crippen LogP contribution in [0.3, 0.4) is 0 Å². The zero-order valence-corrected chi connectivity index (χ0v) is 13.2. The van der Waals surface area contributed by atoms with Gasteiger partial charge in [-0.15, -0.1) is 0 Å². The molecule has 1 aliphatic carbocycles. The number of aromatic carboxylic acids is 1. The van der Waals surface area contributed by atoms with Crippen molar-refractivity contribution in [3.05, 3.63) is 28.8 Å². The van der Waals surface area contributed by atoms with Crippen molar-refractivity contribution in [2.75, 3.05) is 24.7 Å². The molecule has 0 saturated heterocycles. The number of nitrogens with one attached hydrogen (secondary N) is 2. The number of carbonyl (C=O) groups is 2. The molecule has 114 valence electrons. The third-order valence-electron chi connectivity index (χ3n) is 3.46. The summed E-state index contributed by atoms with van der Waals surface area (Å²) < 4.78 is 0.293. The summed E-state index contributed by atoms with van der Waals surface area (Å²) in [6, 6.07) is 4.21. The molecule has 0 bridgehead atoms. The van der Waals surface area contributed by atoms with Gasteiger partial charge in [0.05, 0.1) is 22.8 Å². The molecular weight excluding hydrogens is 312 g/mol. The second-order valence-corrected chi connectivity index (χ2v) is 6.72. The molecule has 2 rings (SSSR count). The first-order chi connectivity index (χ1) is 9.96. The minimum Gasteiger partial charge on any atom is -0.478 e. The molecule has 0 radical (unpaired) electrons. The number of carboxylic acid groups (broad SMARTS) is 1. The molecule has 1 fully saturated rings. The van der Waals surface area contributed by atoms with Gasteiger partial charge in [0, 0.05) is 11.3 Å². The van der Waals surface area contributed by atoms with Gasteiger partial charge in [-0.1, -0.05) is 11.6 Å². The standard InChI is InChI=1S/C14H17ClN2O3S/c1-21-14(4-5-14)8-16-7-12(18)17-11-6-9(13(19)20)2-3-10(11)15/h2-3,6,16H,4-5,7-8H2,1H3,(H,17,18)(H,19,20). The minimum absolute atomic E-state index is 0.0852. The van der Waals surface area contributed by atoms with Crippen LogP contribution in [0.25, 0.3) is 0 Å². The molecule has 1 amide bonds. The number of benzene rings is 1. The Morgan fingerprint density at radius 2 is 2.14 bits per heavy atom. The zero-order chi connectivity index (χ0) is 15.5. The fourth-order valence-electron chi connectivity index (χ4n) is 1.94. The molecule has 1 aromatic carbocycles. The van der Waals surface area contributed by atoms with Crippen molar-refractivity contribution >= 4 is 40.9 Å².